The maximum absolute atomic E-state index is 13.1. The minimum atomic E-state index is -0.241. The van der Waals surface area contributed by atoms with E-state index in [1.807, 2.05) is 36.4 Å². The quantitative estimate of drug-likeness (QED) is 0.715. The monoisotopic (exact) mass is 439 g/mol. The number of carbonyl (C=O) groups is 3. The van der Waals surface area contributed by atoms with Gasteiger partial charge in [-0.1, -0.05) is 54.2 Å². The van der Waals surface area contributed by atoms with E-state index in [1.54, 1.807) is 18.2 Å². The Morgan fingerprint density at radius 3 is 2.55 bits per heavy atom. The van der Waals surface area contributed by atoms with Gasteiger partial charge in [0.15, 0.2) is 0 Å². The molecule has 0 aliphatic carbocycles. The van der Waals surface area contributed by atoms with Crippen molar-refractivity contribution in [3.05, 3.63) is 71.3 Å². The van der Waals surface area contributed by atoms with E-state index in [0.717, 1.165) is 36.0 Å². The number of nitrogens with one attached hydrogen (secondary N) is 1. The van der Waals surface area contributed by atoms with E-state index in [-0.39, 0.29) is 35.4 Å². The highest BCUT2D eigenvalue weighted by Gasteiger charge is 2.30. The lowest BCUT2D eigenvalue weighted by atomic mass is 10.0. The Hall–Kier alpha value is -2.68. The summed E-state index contributed by atoms with van der Waals surface area (Å²) in [4.78, 5) is 40.4. The number of rotatable bonds is 7. The van der Waals surface area contributed by atoms with Gasteiger partial charge in [0.1, 0.15) is 0 Å². The first-order chi connectivity index (χ1) is 15.1. The molecule has 0 unspecified atom stereocenters. The van der Waals surface area contributed by atoms with Crippen LogP contribution in [-0.4, -0.2) is 65.5 Å². The lowest BCUT2D eigenvalue weighted by Crippen LogP contribution is -2.43. The average Bonchev–Trinajstić information content (AvgIpc) is 3.12. The third-order valence-corrected chi connectivity index (χ3v) is 6.28. The van der Waals surface area contributed by atoms with Gasteiger partial charge in [-0.2, -0.15) is 0 Å². The maximum Gasteiger partial charge on any atom is 0.289 e. The van der Waals surface area contributed by atoms with Crippen LogP contribution in [0.15, 0.2) is 54.6 Å². The summed E-state index contributed by atoms with van der Waals surface area (Å²) in [7, 11) is 0. The van der Waals surface area contributed by atoms with Gasteiger partial charge in [-0.25, -0.2) is 0 Å². The Kier molecular flexibility index (Phi) is 7.01. The molecule has 0 bridgehead atoms. The van der Waals surface area contributed by atoms with Gasteiger partial charge in [-0.3, -0.25) is 24.2 Å². The van der Waals surface area contributed by atoms with Crippen LogP contribution < -0.4 is 5.32 Å². The summed E-state index contributed by atoms with van der Waals surface area (Å²) >= 11 is 1.01. The number of hydrogen-bond donors (Lipinski definition) is 1. The molecule has 2 fully saturated rings. The van der Waals surface area contributed by atoms with Gasteiger partial charge >= 0.3 is 0 Å². The molecule has 2 aromatic carbocycles. The molecule has 162 valence electrons. The standard InChI is InChI=1S/C23H25N3O4S/c27-21-16-31-23(29)26(21)14-17-5-4-8-19(13-17)22(28)24-20(18-6-2-1-3-7-18)15-25-9-11-30-12-10-25/h1-8,13,20H,9-12,14-16H2,(H,24,28)/t20-/m1/s1. The molecule has 2 aliphatic heterocycles. The van der Waals surface area contributed by atoms with Crippen molar-refractivity contribution >= 4 is 28.8 Å². The van der Waals surface area contributed by atoms with Crippen LogP contribution in [0, 0.1) is 0 Å². The van der Waals surface area contributed by atoms with Crippen LogP contribution in [0.5, 0.6) is 0 Å². The highest BCUT2D eigenvalue weighted by Crippen LogP contribution is 2.22. The van der Waals surface area contributed by atoms with Gasteiger partial charge in [-0.15, -0.1) is 0 Å². The molecule has 1 atom stereocenters. The second kappa shape index (κ2) is 10.1. The van der Waals surface area contributed by atoms with Crippen molar-refractivity contribution in [2.45, 2.75) is 12.6 Å². The summed E-state index contributed by atoms with van der Waals surface area (Å²) in [5.74, 6) is -0.198. The van der Waals surface area contributed by atoms with Crippen LogP contribution in [0.3, 0.4) is 0 Å². The van der Waals surface area contributed by atoms with Gasteiger partial charge in [0.25, 0.3) is 11.1 Å². The summed E-state index contributed by atoms with van der Waals surface area (Å²) < 4.78 is 5.44. The predicted molar refractivity (Wildman–Crippen MR) is 119 cm³/mol. The van der Waals surface area contributed by atoms with Crippen LogP contribution in [0.2, 0.25) is 0 Å². The summed E-state index contributed by atoms with van der Waals surface area (Å²) in [6.07, 6.45) is 0. The number of imide groups is 1. The molecule has 3 amide bonds. The molecule has 31 heavy (non-hydrogen) atoms. The van der Waals surface area contributed by atoms with E-state index < -0.39 is 0 Å². The zero-order chi connectivity index (χ0) is 21.6. The molecule has 8 heteroatoms. The van der Waals surface area contributed by atoms with Gasteiger partial charge in [0.2, 0.25) is 5.91 Å². The zero-order valence-electron chi connectivity index (χ0n) is 17.2. The first-order valence-electron chi connectivity index (χ1n) is 10.3. The molecule has 1 N–H and O–H groups in total. The normalized spacial score (nSPS) is 18.3. The van der Waals surface area contributed by atoms with Crippen molar-refractivity contribution in [2.75, 3.05) is 38.6 Å². The Balaban J connectivity index is 1.47. The third kappa shape index (κ3) is 5.52. The molecule has 2 saturated heterocycles. The van der Waals surface area contributed by atoms with E-state index in [0.29, 0.717) is 25.3 Å². The van der Waals surface area contributed by atoms with Crippen molar-refractivity contribution in [1.29, 1.82) is 0 Å². The van der Waals surface area contributed by atoms with Crippen molar-refractivity contribution < 1.29 is 19.1 Å². The van der Waals surface area contributed by atoms with Crippen LogP contribution in [0.25, 0.3) is 0 Å². The van der Waals surface area contributed by atoms with Gasteiger partial charge in [0.05, 0.1) is 31.6 Å². The van der Waals surface area contributed by atoms with Crippen LogP contribution in [-0.2, 0) is 16.1 Å². The van der Waals surface area contributed by atoms with Crippen LogP contribution >= 0.6 is 11.8 Å². The Morgan fingerprint density at radius 2 is 1.84 bits per heavy atom. The second-order valence-corrected chi connectivity index (χ2v) is 8.51. The summed E-state index contributed by atoms with van der Waals surface area (Å²) in [6, 6.07) is 16.9. The molecule has 7 nitrogen and oxygen atoms in total. The molecule has 4 rings (SSSR count). The minimum absolute atomic E-state index is 0.159. The summed E-state index contributed by atoms with van der Waals surface area (Å²) in [5, 5.41) is 2.92. The number of benzene rings is 2. The predicted octanol–water partition coefficient (Wildman–Crippen LogP) is 2.69. The number of carbonyl (C=O) groups excluding carboxylic acids is 3. The minimum Gasteiger partial charge on any atom is -0.379 e. The Labute approximate surface area is 185 Å². The number of hydrogen-bond acceptors (Lipinski definition) is 6. The van der Waals surface area contributed by atoms with Crippen molar-refractivity contribution in [3.8, 4) is 0 Å². The highest BCUT2D eigenvalue weighted by molar-refractivity contribution is 8.14. The molecule has 0 aromatic heterocycles. The van der Waals surface area contributed by atoms with Crippen molar-refractivity contribution in [3.63, 3.8) is 0 Å². The number of thioether (sulfide) groups is 1. The van der Waals surface area contributed by atoms with Crippen LogP contribution in [0.1, 0.15) is 27.5 Å². The number of ether oxygens (including phenoxy) is 1. The zero-order valence-corrected chi connectivity index (χ0v) is 18.0. The summed E-state index contributed by atoms with van der Waals surface area (Å²) in [5.41, 5.74) is 2.30. The fraction of sp³-hybridized carbons (Fsp3) is 0.348. The fourth-order valence-corrected chi connectivity index (χ4v) is 4.46. The lowest BCUT2D eigenvalue weighted by molar-refractivity contribution is -0.125. The lowest BCUT2D eigenvalue weighted by Gasteiger charge is -2.31. The fourth-order valence-electron chi connectivity index (χ4n) is 3.73. The Morgan fingerprint density at radius 1 is 1.06 bits per heavy atom. The SMILES string of the molecule is O=C(N[C@H](CN1CCOCC1)c1ccccc1)c1cccc(CN2C(=O)CSC2=O)c1. The molecule has 0 spiro atoms. The largest absolute Gasteiger partial charge is 0.379 e. The van der Waals surface area contributed by atoms with Crippen molar-refractivity contribution in [2.24, 2.45) is 0 Å². The van der Waals surface area contributed by atoms with E-state index >= 15 is 0 Å². The first-order valence-corrected chi connectivity index (χ1v) is 11.3. The molecule has 0 radical (unpaired) electrons. The van der Waals surface area contributed by atoms with E-state index in [2.05, 4.69) is 10.2 Å². The van der Waals surface area contributed by atoms with Gasteiger partial charge < -0.3 is 10.1 Å². The van der Waals surface area contributed by atoms with E-state index in [9.17, 15) is 14.4 Å². The molecular weight excluding hydrogens is 414 g/mol. The summed E-state index contributed by atoms with van der Waals surface area (Å²) in [6.45, 7) is 3.96. The number of nitrogens with zero attached hydrogens (tertiary/aromatic N) is 2. The second-order valence-electron chi connectivity index (χ2n) is 7.58. The number of morpholine rings is 1. The first kappa shape index (κ1) is 21.5. The average molecular weight is 440 g/mol. The van der Waals surface area contributed by atoms with E-state index in [1.165, 1.54) is 4.90 Å². The molecule has 2 heterocycles. The third-order valence-electron chi connectivity index (χ3n) is 5.42. The molecular formula is C23H25N3O4S. The highest BCUT2D eigenvalue weighted by atomic mass is 32.2. The van der Waals surface area contributed by atoms with Gasteiger partial charge in [-0.05, 0) is 23.3 Å². The molecule has 2 aromatic rings. The number of amides is 3. The van der Waals surface area contributed by atoms with E-state index in [4.69, 9.17) is 4.74 Å². The van der Waals surface area contributed by atoms with Crippen molar-refractivity contribution in [1.82, 2.24) is 15.1 Å². The Bertz CT molecular complexity index is 931. The molecule has 0 saturated carbocycles. The van der Waals surface area contributed by atoms with Gasteiger partial charge in [0, 0.05) is 25.2 Å². The topological polar surface area (TPSA) is 79.0 Å². The smallest absolute Gasteiger partial charge is 0.289 e. The molecule has 2 aliphatic rings. The van der Waals surface area contributed by atoms with Crippen LogP contribution in [0.4, 0.5) is 4.79 Å². The maximum atomic E-state index is 13.1.